The molecule has 0 amide bonds. The fraction of sp³-hybridized carbons (Fsp3) is 0.455. The molecule has 74 valence electrons. The van der Waals surface area contributed by atoms with Crippen molar-refractivity contribution in [3.63, 3.8) is 0 Å². The molecule has 1 heterocycles. The summed E-state index contributed by atoms with van der Waals surface area (Å²) < 4.78 is 4.65. The lowest BCUT2D eigenvalue weighted by Crippen LogP contribution is -1.91. The van der Waals surface area contributed by atoms with Crippen LogP contribution in [-0.4, -0.2) is 10.3 Å². The number of aryl methyl sites for hydroxylation is 1. The Morgan fingerprint density at radius 1 is 1.21 bits per heavy atom. The van der Waals surface area contributed by atoms with E-state index < -0.39 is 0 Å². The lowest BCUT2D eigenvalue weighted by molar-refractivity contribution is 0.315. The molecular weight excluding hydrogens is 176 g/mol. The van der Waals surface area contributed by atoms with Gasteiger partial charge in [0.2, 0.25) is 0 Å². The number of hydrogen-bond acceptors (Lipinski definition) is 3. The number of benzene rings is 1. The number of rotatable bonds is 3. The van der Waals surface area contributed by atoms with E-state index in [2.05, 4.69) is 34.9 Å². The third kappa shape index (κ3) is 1.92. The van der Waals surface area contributed by atoms with Gasteiger partial charge in [-0.1, -0.05) is 19.9 Å². The molecule has 1 aromatic heterocycles. The standard InChI is InChI=1S/C11H14N2O/c1-8(2)3-4-9-5-6-10-11(7-9)13-14-12-10/h5-8H,3-4H2,1-2H3. The average molecular weight is 190 g/mol. The van der Waals surface area contributed by atoms with E-state index in [4.69, 9.17) is 0 Å². The summed E-state index contributed by atoms with van der Waals surface area (Å²) >= 11 is 0. The maximum Gasteiger partial charge on any atom is 0.135 e. The predicted molar refractivity (Wildman–Crippen MR) is 55.0 cm³/mol. The third-order valence-corrected chi connectivity index (χ3v) is 2.33. The Balaban J connectivity index is 2.17. The van der Waals surface area contributed by atoms with Crippen molar-refractivity contribution in [3.8, 4) is 0 Å². The highest BCUT2D eigenvalue weighted by atomic mass is 16.6. The molecule has 0 saturated carbocycles. The van der Waals surface area contributed by atoms with E-state index in [1.807, 2.05) is 12.1 Å². The van der Waals surface area contributed by atoms with E-state index in [0.717, 1.165) is 23.4 Å². The van der Waals surface area contributed by atoms with Crippen molar-refractivity contribution in [2.45, 2.75) is 26.7 Å². The quantitative estimate of drug-likeness (QED) is 0.747. The van der Waals surface area contributed by atoms with Crippen LogP contribution in [0.4, 0.5) is 0 Å². The molecule has 0 N–H and O–H groups in total. The molecule has 0 bridgehead atoms. The van der Waals surface area contributed by atoms with E-state index in [0.29, 0.717) is 0 Å². The Labute approximate surface area is 83.1 Å². The van der Waals surface area contributed by atoms with Gasteiger partial charge in [0.05, 0.1) is 0 Å². The highest BCUT2D eigenvalue weighted by molar-refractivity contribution is 5.73. The Hall–Kier alpha value is -1.38. The summed E-state index contributed by atoms with van der Waals surface area (Å²) in [5.41, 5.74) is 2.99. The van der Waals surface area contributed by atoms with E-state index in [1.165, 1.54) is 12.0 Å². The maximum absolute atomic E-state index is 4.65. The van der Waals surface area contributed by atoms with Crippen molar-refractivity contribution < 1.29 is 4.63 Å². The number of fused-ring (bicyclic) bond motifs is 1. The zero-order chi connectivity index (χ0) is 9.97. The molecule has 0 saturated heterocycles. The first-order valence-corrected chi connectivity index (χ1v) is 4.97. The predicted octanol–water partition coefficient (Wildman–Crippen LogP) is 2.81. The van der Waals surface area contributed by atoms with Crippen LogP contribution in [0, 0.1) is 5.92 Å². The first-order chi connectivity index (χ1) is 6.75. The monoisotopic (exact) mass is 190 g/mol. The maximum atomic E-state index is 4.65. The molecular formula is C11H14N2O. The molecule has 0 aliphatic carbocycles. The van der Waals surface area contributed by atoms with E-state index in [1.54, 1.807) is 0 Å². The second kappa shape index (κ2) is 3.78. The summed E-state index contributed by atoms with van der Waals surface area (Å²) in [5, 5.41) is 7.59. The first kappa shape index (κ1) is 9.19. The Morgan fingerprint density at radius 2 is 2.00 bits per heavy atom. The topological polar surface area (TPSA) is 38.9 Å². The van der Waals surface area contributed by atoms with Gasteiger partial charge in [0.15, 0.2) is 0 Å². The first-order valence-electron chi connectivity index (χ1n) is 4.97. The van der Waals surface area contributed by atoms with Gasteiger partial charge >= 0.3 is 0 Å². The van der Waals surface area contributed by atoms with Gasteiger partial charge in [0, 0.05) is 0 Å². The van der Waals surface area contributed by atoms with Crippen molar-refractivity contribution in [1.29, 1.82) is 0 Å². The van der Waals surface area contributed by atoms with Gasteiger partial charge in [-0.05, 0) is 46.8 Å². The second-order valence-corrected chi connectivity index (χ2v) is 4.02. The van der Waals surface area contributed by atoms with Gasteiger partial charge in [-0.3, -0.25) is 0 Å². The minimum absolute atomic E-state index is 0.737. The molecule has 0 aliphatic heterocycles. The van der Waals surface area contributed by atoms with Crippen molar-refractivity contribution in [1.82, 2.24) is 10.3 Å². The van der Waals surface area contributed by atoms with Crippen LogP contribution in [-0.2, 0) is 6.42 Å². The molecule has 3 heteroatoms. The Morgan fingerprint density at radius 3 is 2.79 bits per heavy atom. The minimum atomic E-state index is 0.737. The van der Waals surface area contributed by atoms with Gasteiger partial charge in [0.1, 0.15) is 11.0 Å². The van der Waals surface area contributed by atoms with Crippen LogP contribution in [0.2, 0.25) is 0 Å². The Kier molecular flexibility index (Phi) is 2.48. The number of hydrogen-bond donors (Lipinski definition) is 0. The molecule has 0 unspecified atom stereocenters. The summed E-state index contributed by atoms with van der Waals surface area (Å²) in [6, 6.07) is 6.10. The van der Waals surface area contributed by atoms with Crippen LogP contribution in [0.15, 0.2) is 22.8 Å². The largest absolute Gasteiger partial charge is 0.243 e. The minimum Gasteiger partial charge on any atom is -0.243 e. The van der Waals surface area contributed by atoms with Crippen LogP contribution >= 0.6 is 0 Å². The molecule has 14 heavy (non-hydrogen) atoms. The zero-order valence-electron chi connectivity index (χ0n) is 8.53. The molecule has 1 aromatic carbocycles. The van der Waals surface area contributed by atoms with Gasteiger partial charge in [-0.25, -0.2) is 4.63 Å². The van der Waals surface area contributed by atoms with Gasteiger partial charge in [-0.15, -0.1) is 0 Å². The van der Waals surface area contributed by atoms with Crippen molar-refractivity contribution >= 4 is 11.0 Å². The average Bonchev–Trinajstić information content (AvgIpc) is 2.61. The number of nitrogens with zero attached hydrogens (tertiary/aromatic N) is 2. The summed E-state index contributed by atoms with van der Waals surface area (Å²) in [7, 11) is 0. The Bertz CT molecular complexity index is 420. The molecule has 0 fully saturated rings. The van der Waals surface area contributed by atoms with Crippen molar-refractivity contribution in [3.05, 3.63) is 23.8 Å². The molecule has 2 rings (SSSR count). The zero-order valence-corrected chi connectivity index (χ0v) is 8.53. The second-order valence-electron chi connectivity index (χ2n) is 4.02. The van der Waals surface area contributed by atoms with Crippen LogP contribution < -0.4 is 0 Å². The lowest BCUT2D eigenvalue weighted by Gasteiger charge is -2.03. The third-order valence-electron chi connectivity index (χ3n) is 2.33. The molecule has 0 radical (unpaired) electrons. The number of aromatic nitrogens is 2. The van der Waals surface area contributed by atoms with E-state index in [9.17, 15) is 0 Å². The summed E-state index contributed by atoms with van der Waals surface area (Å²) in [6.45, 7) is 4.46. The molecule has 0 spiro atoms. The summed E-state index contributed by atoms with van der Waals surface area (Å²) in [5.74, 6) is 0.737. The molecule has 2 aromatic rings. The van der Waals surface area contributed by atoms with Gasteiger partial charge in [-0.2, -0.15) is 0 Å². The van der Waals surface area contributed by atoms with E-state index in [-0.39, 0.29) is 0 Å². The fourth-order valence-corrected chi connectivity index (χ4v) is 1.44. The van der Waals surface area contributed by atoms with Crippen molar-refractivity contribution in [2.24, 2.45) is 5.92 Å². The molecule has 3 nitrogen and oxygen atoms in total. The van der Waals surface area contributed by atoms with Crippen LogP contribution in [0.1, 0.15) is 25.8 Å². The summed E-state index contributed by atoms with van der Waals surface area (Å²) in [4.78, 5) is 0. The SMILES string of the molecule is CC(C)CCc1ccc2nonc2c1. The lowest BCUT2D eigenvalue weighted by atomic mass is 10.0. The van der Waals surface area contributed by atoms with Crippen LogP contribution in [0.5, 0.6) is 0 Å². The summed E-state index contributed by atoms with van der Waals surface area (Å²) in [6.07, 6.45) is 2.30. The molecule has 0 atom stereocenters. The van der Waals surface area contributed by atoms with Gasteiger partial charge < -0.3 is 0 Å². The van der Waals surface area contributed by atoms with Crippen LogP contribution in [0.3, 0.4) is 0 Å². The van der Waals surface area contributed by atoms with E-state index >= 15 is 0 Å². The van der Waals surface area contributed by atoms with Crippen LogP contribution in [0.25, 0.3) is 11.0 Å². The molecule has 0 aliphatic rings. The van der Waals surface area contributed by atoms with Gasteiger partial charge in [0.25, 0.3) is 0 Å². The smallest absolute Gasteiger partial charge is 0.135 e. The fourth-order valence-electron chi connectivity index (χ4n) is 1.44. The van der Waals surface area contributed by atoms with Crippen molar-refractivity contribution in [2.75, 3.05) is 0 Å². The highest BCUT2D eigenvalue weighted by Gasteiger charge is 2.02. The highest BCUT2D eigenvalue weighted by Crippen LogP contribution is 2.14. The normalized spacial score (nSPS) is 11.4.